The minimum atomic E-state index is -4.65. The van der Waals surface area contributed by atoms with E-state index in [1.165, 1.54) is 28.1 Å². The summed E-state index contributed by atoms with van der Waals surface area (Å²) in [5.74, 6) is 5.87. The number of amides is 1. The van der Waals surface area contributed by atoms with E-state index in [9.17, 15) is 23.2 Å². The third-order valence-corrected chi connectivity index (χ3v) is 5.99. The van der Waals surface area contributed by atoms with Gasteiger partial charge in [-0.15, -0.1) is 0 Å². The van der Waals surface area contributed by atoms with Crippen molar-refractivity contribution in [1.82, 2.24) is 14.8 Å². The molecule has 9 nitrogen and oxygen atoms in total. The smallest absolute Gasteiger partial charge is 0.419 e. The maximum absolute atomic E-state index is 13.9. The fourth-order valence-electron chi connectivity index (χ4n) is 3.98. The summed E-state index contributed by atoms with van der Waals surface area (Å²) in [5.41, 5.74) is 0.233. The first-order chi connectivity index (χ1) is 16.9. The number of halogens is 3. The first kappa shape index (κ1) is 27.0. The fourth-order valence-corrected chi connectivity index (χ4v) is 3.98. The Kier molecular flexibility index (Phi) is 8.27. The van der Waals surface area contributed by atoms with Crippen LogP contribution in [-0.4, -0.2) is 75.1 Å². The van der Waals surface area contributed by atoms with Gasteiger partial charge in [0.25, 0.3) is 0 Å². The van der Waals surface area contributed by atoms with Crippen LogP contribution in [0.1, 0.15) is 17.7 Å². The summed E-state index contributed by atoms with van der Waals surface area (Å²) in [7, 11) is 6.55. The Bertz CT molecular complexity index is 1140. The van der Waals surface area contributed by atoms with E-state index in [0.29, 0.717) is 37.4 Å². The lowest BCUT2D eigenvalue weighted by atomic mass is 9.97. The predicted octanol–water partition coefficient (Wildman–Crippen LogP) is 2.78. The summed E-state index contributed by atoms with van der Waals surface area (Å²) < 4.78 is 47.2. The lowest BCUT2D eigenvalue weighted by molar-refractivity contribution is -0.139. The second-order valence-electron chi connectivity index (χ2n) is 8.92. The van der Waals surface area contributed by atoms with E-state index < -0.39 is 11.7 Å². The molecule has 3 N–H and O–H groups in total. The molecule has 2 aromatic rings. The van der Waals surface area contributed by atoms with E-state index in [1.807, 2.05) is 11.0 Å². The predicted molar refractivity (Wildman–Crippen MR) is 130 cm³/mol. The molecule has 194 valence electrons. The molecule has 0 unspecified atom stereocenters. The third kappa shape index (κ3) is 6.16. The molecule has 1 fully saturated rings. The number of carbonyl (C=O) groups excluding carboxylic acids is 1. The maximum Gasteiger partial charge on any atom is 0.419 e. The molecule has 3 rings (SSSR count). The van der Waals surface area contributed by atoms with Gasteiger partial charge >= 0.3 is 6.18 Å². The number of aromatic nitrogens is 1. The number of nitrogens with zero attached hydrogens (tertiary/aromatic N) is 5. The number of anilines is 2. The van der Waals surface area contributed by atoms with Gasteiger partial charge in [-0.25, -0.2) is 10.8 Å². The first-order valence-corrected chi connectivity index (χ1v) is 11.3. The second-order valence-corrected chi connectivity index (χ2v) is 8.92. The van der Waals surface area contributed by atoms with Crippen LogP contribution in [0.15, 0.2) is 24.3 Å². The monoisotopic (exact) mass is 505 g/mol. The maximum atomic E-state index is 13.9. The Morgan fingerprint density at radius 2 is 2.00 bits per heavy atom. The molecular formula is C24H30F3N7O2. The standard InChI is InChI=1S/C24H30F3N7O2/c1-30-23-19(11-28)31-18(10-20(23)33(4)29)16-5-6-21(17(9-16)24(25,26)27)36-8-7-15-12-34(13-15)14-22(35)32(2)3/h5-6,9-10,15,30H,7-8,12-14,29H2,1-4H3. The molecule has 12 heteroatoms. The van der Waals surface area contributed by atoms with Gasteiger partial charge in [0.05, 0.1) is 35.8 Å². The summed E-state index contributed by atoms with van der Waals surface area (Å²) in [6.45, 7) is 1.88. The Labute approximate surface area is 208 Å². The average molecular weight is 506 g/mol. The van der Waals surface area contributed by atoms with Crippen molar-refractivity contribution in [2.75, 3.05) is 64.8 Å². The second kappa shape index (κ2) is 11.0. The molecule has 0 spiro atoms. The number of rotatable bonds is 9. The van der Waals surface area contributed by atoms with Gasteiger partial charge in [-0.3, -0.25) is 9.69 Å². The minimum absolute atomic E-state index is 0.0120. The van der Waals surface area contributed by atoms with Crippen molar-refractivity contribution >= 4 is 17.3 Å². The largest absolute Gasteiger partial charge is 0.493 e. The average Bonchev–Trinajstić information content (AvgIpc) is 2.80. The van der Waals surface area contributed by atoms with Crippen molar-refractivity contribution in [3.05, 3.63) is 35.5 Å². The molecule has 0 aliphatic carbocycles. The van der Waals surface area contributed by atoms with Crippen molar-refractivity contribution in [3.63, 3.8) is 0 Å². The zero-order valence-corrected chi connectivity index (χ0v) is 20.7. The number of nitriles is 1. The van der Waals surface area contributed by atoms with Crippen LogP contribution in [0, 0.1) is 17.2 Å². The Morgan fingerprint density at radius 3 is 2.56 bits per heavy atom. The number of carbonyl (C=O) groups is 1. The Morgan fingerprint density at radius 1 is 1.31 bits per heavy atom. The first-order valence-electron chi connectivity index (χ1n) is 11.3. The van der Waals surface area contributed by atoms with Crippen LogP contribution in [-0.2, 0) is 11.0 Å². The van der Waals surface area contributed by atoms with Gasteiger partial charge in [0.15, 0.2) is 5.69 Å². The zero-order chi connectivity index (χ0) is 26.6. The summed E-state index contributed by atoms with van der Waals surface area (Å²) in [5, 5.41) is 13.6. The van der Waals surface area contributed by atoms with Crippen LogP contribution >= 0.6 is 0 Å². The van der Waals surface area contributed by atoms with Gasteiger partial charge in [-0.2, -0.15) is 18.4 Å². The summed E-state index contributed by atoms with van der Waals surface area (Å²) in [6, 6.07) is 7.19. The number of likely N-dealkylation sites (N-methyl/N-ethyl adjacent to an activating group) is 1. The normalized spacial score (nSPS) is 14.1. The van der Waals surface area contributed by atoms with Crippen molar-refractivity contribution in [2.45, 2.75) is 12.6 Å². The highest BCUT2D eigenvalue weighted by molar-refractivity contribution is 5.79. The lowest BCUT2D eigenvalue weighted by Gasteiger charge is -2.39. The van der Waals surface area contributed by atoms with E-state index >= 15 is 0 Å². The molecule has 0 atom stereocenters. The SMILES string of the molecule is CNc1c(N(C)N)cc(-c2ccc(OCCC3CN(CC(=O)N(C)C)C3)c(C(F)(F)F)c2)nc1C#N. The fraction of sp³-hybridized carbons (Fsp3) is 0.458. The number of nitrogens with one attached hydrogen (secondary N) is 1. The molecule has 36 heavy (non-hydrogen) atoms. The van der Waals surface area contributed by atoms with Gasteiger partial charge in [0, 0.05) is 46.8 Å². The van der Waals surface area contributed by atoms with Crippen LogP contribution in [0.2, 0.25) is 0 Å². The number of hydrazine groups is 1. The number of benzene rings is 1. The molecule has 1 saturated heterocycles. The third-order valence-electron chi connectivity index (χ3n) is 5.99. The highest BCUT2D eigenvalue weighted by Crippen LogP contribution is 2.40. The van der Waals surface area contributed by atoms with Gasteiger partial charge in [0.2, 0.25) is 5.91 Å². The van der Waals surface area contributed by atoms with Crippen LogP contribution in [0.25, 0.3) is 11.3 Å². The van der Waals surface area contributed by atoms with Crippen molar-refractivity contribution < 1.29 is 22.7 Å². The molecule has 0 radical (unpaired) electrons. The number of likely N-dealkylation sites (tertiary alicyclic amines) is 1. The van der Waals surface area contributed by atoms with Gasteiger partial charge in [-0.05, 0) is 36.6 Å². The number of alkyl halides is 3. The molecule has 1 aliphatic rings. The number of nitrogens with two attached hydrogens (primary N) is 1. The van der Waals surface area contributed by atoms with Crippen LogP contribution in [0.5, 0.6) is 5.75 Å². The topological polar surface area (TPSA) is 111 Å². The molecular weight excluding hydrogens is 475 g/mol. The Balaban J connectivity index is 1.75. The Hall–Kier alpha value is -3.56. The highest BCUT2D eigenvalue weighted by atomic mass is 19.4. The van der Waals surface area contributed by atoms with Crippen molar-refractivity contribution in [1.29, 1.82) is 5.26 Å². The summed E-state index contributed by atoms with van der Waals surface area (Å²) in [6.07, 6.45) is -4.07. The summed E-state index contributed by atoms with van der Waals surface area (Å²) in [4.78, 5) is 19.5. The van der Waals surface area contributed by atoms with Gasteiger partial charge in [-0.1, -0.05) is 0 Å². The van der Waals surface area contributed by atoms with Crippen molar-refractivity contribution in [3.8, 4) is 23.1 Å². The number of hydrogen-bond donors (Lipinski definition) is 2. The molecule has 2 heterocycles. The minimum Gasteiger partial charge on any atom is -0.493 e. The lowest BCUT2D eigenvalue weighted by Crippen LogP contribution is -2.50. The van der Waals surface area contributed by atoms with E-state index in [0.717, 1.165) is 6.07 Å². The molecule has 1 aromatic heterocycles. The number of hydrogen-bond acceptors (Lipinski definition) is 8. The number of pyridine rings is 1. The van der Waals surface area contributed by atoms with E-state index in [-0.39, 0.29) is 41.1 Å². The van der Waals surface area contributed by atoms with E-state index in [4.69, 9.17) is 10.6 Å². The number of ether oxygens (including phenoxy) is 1. The van der Waals surface area contributed by atoms with Crippen molar-refractivity contribution in [2.24, 2.45) is 11.8 Å². The van der Waals surface area contributed by atoms with Crippen LogP contribution in [0.4, 0.5) is 24.5 Å². The van der Waals surface area contributed by atoms with Crippen LogP contribution < -0.4 is 20.9 Å². The zero-order valence-electron chi connectivity index (χ0n) is 20.7. The summed E-state index contributed by atoms with van der Waals surface area (Å²) >= 11 is 0. The quantitative estimate of drug-likeness (QED) is 0.396. The van der Waals surface area contributed by atoms with Gasteiger partial charge in [0.1, 0.15) is 11.8 Å². The van der Waals surface area contributed by atoms with E-state index in [2.05, 4.69) is 10.3 Å². The molecule has 1 aliphatic heterocycles. The van der Waals surface area contributed by atoms with Crippen LogP contribution in [0.3, 0.4) is 0 Å². The molecule has 1 amide bonds. The van der Waals surface area contributed by atoms with E-state index in [1.54, 1.807) is 28.2 Å². The molecule has 0 saturated carbocycles. The highest BCUT2D eigenvalue weighted by Gasteiger charge is 2.35. The van der Waals surface area contributed by atoms with Gasteiger partial charge < -0.3 is 20.0 Å². The molecule has 1 aromatic carbocycles. The molecule has 0 bridgehead atoms.